The summed E-state index contributed by atoms with van der Waals surface area (Å²) >= 11 is 1.03. The smallest absolute Gasteiger partial charge is 0.270 e. The molecule has 1 aliphatic rings. The number of carbonyl (C=O) groups is 1. The number of aliphatic hydroxyl groups excluding tert-OH is 1. The number of likely N-dealkylation sites (tertiary alicyclic amines) is 1. The van der Waals surface area contributed by atoms with Crippen LogP contribution in [0.4, 0.5) is 5.69 Å². The standard InChI is InChI=1S/C24H28N6O3S/c1-2-30-23(33)21(34-24(30)19(14-26)22(32)27-10-9-25)15-28-18-8-6-7-17(13-18)20(31)16-29-11-4-3-5-12-29/h6-8,13,15,20,28,31H,2-5,10-12,16H2,1H3,(H,27,32). The van der Waals surface area contributed by atoms with E-state index in [1.54, 1.807) is 19.2 Å². The number of aliphatic hydroxyl groups is 1. The molecule has 1 amide bonds. The van der Waals surface area contributed by atoms with Gasteiger partial charge in [-0.15, -0.1) is 11.3 Å². The van der Waals surface area contributed by atoms with Crippen LogP contribution in [0, 0.1) is 22.7 Å². The number of benzene rings is 1. The molecule has 1 fully saturated rings. The van der Waals surface area contributed by atoms with Gasteiger partial charge >= 0.3 is 0 Å². The van der Waals surface area contributed by atoms with Gasteiger partial charge in [0, 0.05) is 25.0 Å². The lowest BCUT2D eigenvalue weighted by atomic mass is 10.1. The number of nitriles is 2. The van der Waals surface area contributed by atoms with Gasteiger partial charge in [-0.05, 0) is 50.6 Å². The molecule has 0 bridgehead atoms. The minimum absolute atomic E-state index is 0.207. The third kappa shape index (κ3) is 6.12. The van der Waals surface area contributed by atoms with Gasteiger partial charge in [0.15, 0.2) is 5.57 Å². The van der Waals surface area contributed by atoms with Crippen molar-refractivity contribution in [1.29, 1.82) is 10.5 Å². The third-order valence-corrected chi connectivity index (χ3v) is 6.76. The van der Waals surface area contributed by atoms with Gasteiger partial charge < -0.3 is 20.6 Å². The van der Waals surface area contributed by atoms with Crippen molar-refractivity contribution in [1.82, 2.24) is 14.8 Å². The average Bonchev–Trinajstić information content (AvgIpc) is 3.17. The van der Waals surface area contributed by atoms with Crippen molar-refractivity contribution >= 4 is 34.7 Å². The lowest BCUT2D eigenvalue weighted by Crippen LogP contribution is -2.34. The number of rotatable bonds is 8. The second-order valence-electron chi connectivity index (χ2n) is 7.94. The molecule has 3 N–H and O–H groups in total. The first-order valence-corrected chi connectivity index (χ1v) is 12.1. The molecular formula is C24H28N6O3S. The van der Waals surface area contributed by atoms with E-state index < -0.39 is 12.0 Å². The van der Waals surface area contributed by atoms with Crippen molar-refractivity contribution in [2.24, 2.45) is 0 Å². The number of nitrogens with one attached hydrogen (secondary N) is 2. The molecule has 178 valence electrons. The predicted octanol–water partition coefficient (Wildman–Crippen LogP) is 0.613. The molecule has 1 unspecified atom stereocenters. The molecule has 1 saturated heterocycles. The highest BCUT2D eigenvalue weighted by Crippen LogP contribution is 2.20. The van der Waals surface area contributed by atoms with Gasteiger partial charge in [0.25, 0.3) is 11.5 Å². The van der Waals surface area contributed by atoms with Gasteiger partial charge in [-0.2, -0.15) is 10.5 Å². The molecule has 1 aromatic carbocycles. The molecule has 2 aromatic rings. The highest BCUT2D eigenvalue weighted by Gasteiger charge is 2.17. The van der Waals surface area contributed by atoms with Crippen LogP contribution in [0.25, 0.3) is 11.8 Å². The van der Waals surface area contributed by atoms with Crippen molar-refractivity contribution < 1.29 is 9.90 Å². The number of thiazole rings is 1. The Hall–Kier alpha value is -3.44. The number of aromatic nitrogens is 1. The summed E-state index contributed by atoms with van der Waals surface area (Å²) in [6, 6.07) is 11.0. The summed E-state index contributed by atoms with van der Waals surface area (Å²) in [5.74, 6) is -0.692. The summed E-state index contributed by atoms with van der Waals surface area (Å²) in [6.07, 6.45) is 4.49. The zero-order valence-electron chi connectivity index (χ0n) is 19.1. The molecule has 1 aromatic heterocycles. The summed E-state index contributed by atoms with van der Waals surface area (Å²) in [7, 11) is 0. The Bertz CT molecular complexity index is 1280. The summed E-state index contributed by atoms with van der Waals surface area (Å²) in [5.41, 5.74) is 0.971. The molecule has 9 nitrogen and oxygen atoms in total. The SMILES string of the molecule is CCn1c(=C(C#N)C(=O)NCC#N)sc(=CNc2cccc(C(O)CN3CCCCC3)c2)c1=O. The Labute approximate surface area is 201 Å². The van der Waals surface area contributed by atoms with Crippen LogP contribution in [0.3, 0.4) is 0 Å². The molecule has 10 heteroatoms. The summed E-state index contributed by atoms with van der Waals surface area (Å²) in [6.45, 7) is 4.40. The van der Waals surface area contributed by atoms with Crippen LogP contribution in [0.2, 0.25) is 0 Å². The zero-order valence-corrected chi connectivity index (χ0v) is 19.9. The number of β-amino-alcohol motifs (C(OH)–C–C–N with tert-alkyl or cyclic N) is 1. The Morgan fingerprint density at radius 3 is 2.74 bits per heavy atom. The predicted molar refractivity (Wildman–Crippen MR) is 131 cm³/mol. The fraction of sp³-hybridized carbons (Fsp3) is 0.417. The molecule has 0 saturated carbocycles. The molecule has 3 rings (SSSR count). The van der Waals surface area contributed by atoms with E-state index in [0.717, 1.165) is 42.8 Å². The lowest BCUT2D eigenvalue weighted by Gasteiger charge is -2.28. The first-order valence-electron chi connectivity index (χ1n) is 11.2. The monoisotopic (exact) mass is 480 g/mol. The Morgan fingerprint density at radius 1 is 1.29 bits per heavy atom. The molecule has 1 aliphatic heterocycles. The number of anilines is 1. The van der Waals surface area contributed by atoms with Gasteiger partial charge in [-0.3, -0.25) is 14.2 Å². The average molecular weight is 481 g/mol. The van der Waals surface area contributed by atoms with Crippen LogP contribution in [0.5, 0.6) is 0 Å². The number of piperidine rings is 1. The van der Waals surface area contributed by atoms with Crippen LogP contribution in [0.15, 0.2) is 29.1 Å². The molecular weight excluding hydrogens is 452 g/mol. The number of hydrogen-bond acceptors (Lipinski definition) is 8. The number of nitrogens with zero attached hydrogens (tertiary/aromatic N) is 4. The van der Waals surface area contributed by atoms with E-state index in [0.29, 0.717) is 16.8 Å². The Kier molecular flexibility index (Phi) is 9.00. The summed E-state index contributed by atoms with van der Waals surface area (Å²) in [5, 5.41) is 34.3. The van der Waals surface area contributed by atoms with Gasteiger partial charge in [0.2, 0.25) is 0 Å². The third-order valence-electron chi connectivity index (χ3n) is 5.63. The van der Waals surface area contributed by atoms with E-state index in [1.165, 1.54) is 11.0 Å². The second kappa shape index (κ2) is 12.1. The van der Waals surface area contributed by atoms with Crippen molar-refractivity contribution in [3.8, 4) is 12.1 Å². The number of hydrogen-bond donors (Lipinski definition) is 3. The number of amides is 1. The van der Waals surface area contributed by atoms with Crippen molar-refractivity contribution in [3.63, 3.8) is 0 Å². The van der Waals surface area contributed by atoms with E-state index in [1.807, 2.05) is 30.3 Å². The van der Waals surface area contributed by atoms with Crippen molar-refractivity contribution in [2.75, 3.05) is 31.5 Å². The molecule has 0 aliphatic carbocycles. The van der Waals surface area contributed by atoms with Crippen molar-refractivity contribution in [3.05, 3.63) is 49.4 Å². The molecule has 2 heterocycles. The maximum Gasteiger partial charge on any atom is 0.270 e. The van der Waals surface area contributed by atoms with Gasteiger partial charge in [-0.1, -0.05) is 18.6 Å². The first-order chi connectivity index (χ1) is 16.5. The van der Waals surface area contributed by atoms with Crippen molar-refractivity contribution in [2.45, 2.75) is 38.8 Å². The van der Waals surface area contributed by atoms with E-state index in [2.05, 4.69) is 15.5 Å². The normalized spacial score (nSPS) is 16.3. The fourth-order valence-corrected chi connectivity index (χ4v) is 4.96. The van der Waals surface area contributed by atoms with E-state index in [9.17, 15) is 20.0 Å². The van der Waals surface area contributed by atoms with Gasteiger partial charge in [-0.25, -0.2) is 0 Å². The van der Waals surface area contributed by atoms with Crippen LogP contribution < -0.4 is 25.4 Å². The second-order valence-corrected chi connectivity index (χ2v) is 8.97. The Morgan fingerprint density at radius 2 is 2.06 bits per heavy atom. The highest BCUT2D eigenvalue weighted by atomic mass is 32.1. The molecule has 1 atom stereocenters. The van der Waals surface area contributed by atoms with Gasteiger partial charge in [0.05, 0.1) is 12.2 Å². The lowest BCUT2D eigenvalue weighted by molar-refractivity contribution is -0.115. The summed E-state index contributed by atoms with van der Waals surface area (Å²) in [4.78, 5) is 27.4. The maximum atomic E-state index is 12.8. The largest absolute Gasteiger partial charge is 0.387 e. The first kappa shape index (κ1) is 25.2. The minimum atomic E-state index is -0.692. The highest BCUT2D eigenvalue weighted by molar-refractivity contribution is 7.07. The van der Waals surface area contributed by atoms with Crippen LogP contribution in [-0.2, 0) is 11.3 Å². The molecule has 0 radical (unpaired) electrons. The van der Waals surface area contributed by atoms with E-state index in [-0.39, 0.29) is 28.9 Å². The topological polar surface area (TPSA) is 134 Å². The van der Waals surface area contributed by atoms with E-state index >= 15 is 0 Å². The van der Waals surface area contributed by atoms with Crippen LogP contribution in [-0.4, -0.2) is 46.7 Å². The number of carbonyl (C=O) groups excluding carboxylic acids is 1. The van der Waals surface area contributed by atoms with Crippen LogP contribution in [0.1, 0.15) is 37.9 Å². The Balaban J connectivity index is 1.86. The van der Waals surface area contributed by atoms with Gasteiger partial charge in [0.1, 0.15) is 21.8 Å². The fourth-order valence-electron chi connectivity index (χ4n) is 3.87. The summed E-state index contributed by atoms with van der Waals surface area (Å²) < 4.78 is 1.93. The van der Waals surface area contributed by atoms with Crippen LogP contribution >= 0.6 is 11.3 Å². The quantitative estimate of drug-likeness (QED) is 0.471. The zero-order chi connectivity index (χ0) is 24.5. The molecule has 0 spiro atoms. The van der Waals surface area contributed by atoms with E-state index in [4.69, 9.17) is 5.26 Å². The maximum absolute atomic E-state index is 12.8. The molecule has 34 heavy (non-hydrogen) atoms. The minimum Gasteiger partial charge on any atom is -0.387 e.